The lowest BCUT2D eigenvalue weighted by Gasteiger charge is -2.36. The Morgan fingerprint density at radius 2 is 1.51 bits per heavy atom. The number of amides is 1. The van der Waals surface area contributed by atoms with Crippen molar-refractivity contribution in [2.75, 3.05) is 54.4 Å². The van der Waals surface area contributed by atoms with E-state index in [1.165, 1.54) is 11.6 Å². The lowest BCUT2D eigenvalue weighted by atomic mass is 10.1. The van der Waals surface area contributed by atoms with E-state index < -0.39 is 4.92 Å². The Morgan fingerprint density at radius 3 is 2.19 bits per heavy atom. The molecule has 1 amide bonds. The van der Waals surface area contributed by atoms with Crippen molar-refractivity contribution in [1.29, 1.82) is 0 Å². The Balaban J connectivity index is 1.18. The van der Waals surface area contributed by atoms with Gasteiger partial charge in [0, 0.05) is 68.8 Å². The van der Waals surface area contributed by atoms with E-state index in [4.69, 9.17) is 0 Å². The first-order valence-electron chi connectivity index (χ1n) is 13.0. The van der Waals surface area contributed by atoms with Gasteiger partial charge in [-0.1, -0.05) is 30.3 Å². The van der Waals surface area contributed by atoms with Crippen LogP contribution in [0.4, 0.5) is 22.7 Å². The molecule has 0 unspecified atom stereocenters. The largest absolute Gasteiger partial charge is 0.369 e. The summed E-state index contributed by atoms with van der Waals surface area (Å²) < 4.78 is 0. The van der Waals surface area contributed by atoms with E-state index >= 15 is 0 Å². The normalized spacial score (nSPS) is 16.4. The third-order valence-corrected chi connectivity index (χ3v) is 7.24. The van der Waals surface area contributed by atoms with Gasteiger partial charge in [-0.15, -0.1) is 0 Å². The van der Waals surface area contributed by atoms with E-state index in [1.54, 1.807) is 12.1 Å². The van der Waals surface area contributed by atoms with E-state index in [1.807, 2.05) is 35.2 Å². The molecule has 8 heteroatoms. The molecule has 0 radical (unpaired) electrons. The summed E-state index contributed by atoms with van der Waals surface area (Å²) in [6.45, 7) is 6.48. The van der Waals surface area contributed by atoms with Gasteiger partial charge in [0.1, 0.15) is 5.69 Å². The van der Waals surface area contributed by atoms with Crippen LogP contribution in [0.3, 0.4) is 0 Å². The summed E-state index contributed by atoms with van der Waals surface area (Å²) in [5.41, 5.74) is 3.98. The highest BCUT2D eigenvalue weighted by Gasteiger charge is 2.23. The van der Waals surface area contributed by atoms with Crippen LogP contribution in [0.1, 0.15) is 35.2 Å². The Morgan fingerprint density at radius 1 is 0.811 bits per heavy atom. The molecule has 2 heterocycles. The number of nitrogens with zero attached hydrogens (tertiary/aromatic N) is 4. The van der Waals surface area contributed by atoms with Crippen LogP contribution >= 0.6 is 0 Å². The van der Waals surface area contributed by atoms with Crippen LogP contribution in [0, 0.1) is 10.1 Å². The number of nitro groups is 1. The summed E-state index contributed by atoms with van der Waals surface area (Å²) in [5.74, 6) is -0.351. The number of piperazine rings is 1. The molecule has 37 heavy (non-hydrogen) atoms. The average Bonchev–Trinajstić information content (AvgIpc) is 2.94. The highest BCUT2D eigenvalue weighted by molar-refractivity contribution is 6.05. The smallest absolute Gasteiger partial charge is 0.293 e. The quantitative estimate of drug-likeness (QED) is 0.357. The zero-order valence-electron chi connectivity index (χ0n) is 21.0. The monoisotopic (exact) mass is 499 g/mol. The molecule has 3 aromatic rings. The Kier molecular flexibility index (Phi) is 7.65. The number of benzene rings is 3. The fourth-order valence-electron chi connectivity index (χ4n) is 5.18. The van der Waals surface area contributed by atoms with E-state index in [9.17, 15) is 14.9 Å². The molecular weight excluding hydrogens is 466 g/mol. The lowest BCUT2D eigenvalue weighted by Crippen LogP contribution is -2.45. The second kappa shape index (κ2) is 11.4. The van der Waals surface area contributed by atoms with Crippen molar-refractivity contribution in [3.63, 3.8) is 0 Å². The minimum Gasteiger partial charge on any atom is -0.369 e. The van der Waals surface area contributed by atoms with Crippen molar-refractivity contribution in [3.8, 4) is 0 Å². The fraction of sp³-hybridized carbons (Fsp3) is 0.345. The third kappa shape index (κ3) is 6.09. The molecule has 1 N–H and O–H groups in total. The topological polar surface area (TPSA) is 82.0 Å². The number of hydrogen-bond acceptors (Lipinski definition) is 6. The van der Waals surface area contributed by atoms with Crippen molar-refractivity contribution < 1.29 is 9.72 Å². The van der Waals surface area contributed by atoms with Crippen molar-refractivity contribution in [2.45, 2.75) is 25.8 Å². The first-order chi connectivity index (χ1) is 18.1. The summed E-state index contributed by atoms with van der Waals surface area (Å²) >= 11 is 0. The van der Waals surface area contributed by atoms with Gasteiger partial charge in [-0.2, -0.15) is 0 Å². The molecular formula is C29H33N5O3. The van der Waals surface area contributed by atoms with Crippen molar-refractivity contribution in [3.05, 3.63) is 94.0 Å². The molecule has 192 valence electrons. The predicted octanol–water partition coefficient (Wildman–Crippen LogP) is 5.16. The molecule has 2 fully saturated rings. The third-order valence-electron chi connectivity index (χ3n) is 7.24. The van der Waals surface area contributed by atoms with Gasteiger partial charge < -0.3 is 15.1 Å². The maximum absolute atomic E-state index is 12.9. The fourth-order valence-corrected chi connectivity index (χ4v) is 5.18. The van der Waals surface area contributed by atoms with Gasteiger partial charge in [0.15, 0.2) is 0 Å². The van der Waals surface area contributed by atoms with Crippen LogP contribution in [0.2, 0.25) is 0 Å². The predicted molar refractivity (Wildman–Crippen MR) is 147 cm³/mol. The van der Waals surface area contributed by atoms with Gasteiger partial charge in [0.05, 0.1) is 4.92 Å². The van der Waals surface area contributed by atoms with Crippen molar-refractivity contribution in [1.82, 2.24) is 4.90 Å². The molecule has 2 aliphatic heterocycles. The zero-order valence-corrected chi connectivity index (χ0v) is 21.0. The van der Waals surface area contributed by atoms with Gasteiger partial charge in [0.2, 0.25) is 0 Å². The van der Waals surface area contributed by atoms with E-state index in [0.717, 1.165) is 70.8 Å². The number of hydrogen-bond donors (Lipinski definition) is 1. The number of nitro benzene ring substituents is 1. The SMILES string of the molecule is O=C(Nc1ccc(N2CCN(Cc3ccccc3)CC2)cc1)c1ccc(N2CCCCC2)c([N+](=O)[O-])c1. The van der Waals surface area contributed by atoms with Crippen molar-refractivity contribution in [2.24, 2.45) is 0 Å². The van der Waals surface area contributed by atoms with Gasteiger partial charge >= 0.3 is 0 Å². The average molecular weight is 500 g/mol. The van der Waals surface area contributed by atoms with Crippen LogP contribution in [-0.4, -0.2) is 55.0 Å². The van der Waals surface area contributed by atoms with Crippen LogP contribution in [0.15, 0.2) is 72.8 Å². The Hall–Kier alpha value is -3.91. The molecule has 2 aliphatic rings. The molecule has 5 rings (SSSR count). The summed E-state index contributed by atoms with van der Waals surface area (Å²) in [7, 11) is 0. The van der Waals surface area contributed by atoms with Gasteiger partial charge in [-0.05, 0) is 61.2 Å². The minimum atomic E-state index is -0.394. The number of anilines is 3. The lowest BCUT2D eigenvalue weighted by molar-refractivity contribution is -0.384. The first-order valence-corrected chi connectivity index (χ1v) is 13.0. The highest BCUT2D eigenvalue weighted by Crippen LogP contribution is 2.31. The van der Waals surface area contributed by atoms with Crippen LogP contribution in [0.5, 0.6) is 0 Å². The number of carbonyl (C=O) groups excluding carboxylic acids is 1. The maximum atomic E-state index is 12.9. The minimum absolute atomic E-state index is 0.0173. The number of rotatable bonds is 7. The van der Waals surface area contributed by atoms with E-state index in [-0.39, 0.29) is 17.2 Å². The Labute approximate surface area is 217 Å². The molecule has 2 saturated heterocycles. The molecule has 0 bridgehead atoms. The molecule has 8 nitrogen and oxygen atoms in total. The summed E-state index contributed by atoms with van der Waals surface area (Å²) in [6, 6.07) is 23.1. The standard InChI is InChI=1S/C29H33N5O3/c35-29(24-9-14-27(28(21-24)34(36)37)33-15-5-2-6-16-33)30-25-10-12-26(13-11-25)32-19-17-31(18-20-32)22-23-7-3-1-4-8-23/h1,3-4,7-14,21H,2,5-6,15-20,22H2,(H,30,35). The van der Waals surface area contributed by atoms with Crippen LogP contribution < -0.4 is 15.1 Å². The summed E-state index contributed by atoms with van der Waals surface area (Å²) in [4.78, 5) is 31.1. The molecule has 3 aromatic carbocycles. The van der Waals surface area contributed by atoms with Gasteiger partial charge in [-0.25, -0.2) is 0 Å². The molecule has 0 spiro atoms. The maximum Gasteiger partial charge on any atom is 0.293 e. The van der Waals surface area contributed by atoms with Crippen LogP contribution in [0.25, 0.3) is 0 Å². The number of piperidine rings is 1. The molecule has 0 atom stereocenters. The molecule has 0 saturated carbocycles. The summed E-state index contributed by atoms with van der Waals surface area (Å²) in [5, 5.41) is 14.6. The van der Waals surface area contributed by atoms with E-state index in [0.29, 0.717) is 11.4 Å². The second-order valence-corrected chi connectivity index (χ2v) is 9.76. The van der Waals surface area contributed by atoms with E-state index in [2.05, 4.69) is 39.4 Å². The second-order valence-electron chi connectivity index (χ2n) is 9.76. The van der Waals surface area contributed by atoms with Crippen LogP contribution in [-0.2, 0) is 6.54 Å². The van der Waals surface area contributed by atoms with Crippen molar-refractivity contribution >= 4 is 28.7 Å². The molecule has 0 aliphatic carbocycles. The van der Waals surface area contributed by atoms with Gasteiger partial charge in [-0.3, -0.25) is 19.8 Å². The Bertz CT molecular complexity index is 1220. The number of carbonyl (C=O) groups is 1. The van der Waals surface area contributed by atoms with Gasteiger partial charge in [0.25, 0.3) is 11.6 Å². The number of nitrogens with one attached hydrogen (secondary N) is 1. The molecule has 0 aromatic heterocycles. The first kappa shape index (κ1) is 24.8. The highest BCUT2D eigenvalue weighted by atomic mass is 16.6. The zero-order chi connectivity index (χ0) is 25.6. The summed E-state index contributed by atoms with van der Waals surface area (Å²) in [6.07, 6.45) is 3.20.